The molecule has 0 aliphatic carbocycles. The number of carbonyl (C=O) groups is 1. The van der Waals surface area contributed by atoms with Gasteiger partial charge in [-0.15, -0.1) is 0 Å². The predicted molar refractivity (Wildman–Crippen MR) is 103 cm³/mol. The number of fused-ring (bicyclic) bond motifs is 1. The maximum atomic E-state index is 11.4. The Balaban J connectivity index is 1.58. The number of aromatic nitrogens is 1. The number of halogens is 1. The highest BCUT2D eigenvalue weighted by Crippen LogP contribution is 2.32. The van der Waals surface area contributed by atoms with E-state index >= 15 is 0 Å². The van der Waals surface area contributed by atoms with Gasteiger partial charge in [0.15, 0.2) is 11.4 Å². The molecule has 26 heavy (non-hydrogen) atoms. The van der Waals surface area contributed by atoms with E-state index in [1.165, 1.54) is 0 Å². The van der Waals surface area contributed by atoms with Gasteiger partial charge in [0, 0.05) is 26.2 Å². The molecular weight excluding hydrogens is 352 g/mol. The Morgan fingerprint density at radius 3 is 2.54 bits per heavy atom. The van der Waals surface area contributed by atoms with E-state index in [0.717, 1.165) is 53.7 Å². The molecule has 1 aromatic heterocycles. The van der Waals surface area contributed by atoms with E-state index in [1.54, 1.807) is 0 Å². The summed E-state index contributed by atoms with van der Waals surface area (Å²) in [5, 5.41) is 5.89. The molecule has 0 atom stereocenters. The average molecular weight is 371 g/mol. The first kappa shape index (κ1) is 16.7. The van der Waals surface area contributed by atoms with Crippen LogP contribution in [-0.4, -0.2) is 37.2 Å². The molecule has 0 radical (unpaired) electrons. The van der Waals surface area contributed by atoms with E-state index in [2.05, 4.69) is 15.0 Å². The Kier molecular flexibility index (Phi) is 4.42. The zero-order chi connectivity index (χ0) is 18.1. The zero-order valence-corrected chi connectivity index (χ0v) is 14.9. The van der Waals surface area contributed by atoms with Gasteiger partial charge >= 0.3 is 0 Å². The number of carbonyl (C=O) groups excluding carboxylic acids is 1. The van der Waals surface area contributed by atoms with Gasteiger partial charge in [-0.3, -0.25) is 4.79 Å². The summed E-state index contributed by atoms with van der Waals surface area (Å²) in [4.78, 5) is 15.8. The number of hydrogen-bond donors (Lipinski definition) is 1. The van der Waals surface area contributed by atoms with Crippen molar-refractivity contribution in [1.29, 1.82) is 0 Å². The van der Waals surface area contributed by atoms with Crippen molar-refractivity contribution >= 4 is 40.0 Å². The first-order chi connectivity index (χ1) is 12.6. The standard InChI is InChI=1S/C19H19ClN4O2/c20-14-5-1-2-6-15(14)23-8-10-24(11-9-23)19-18-13(12-17(21)25)4-3-7-16(18)26-22-19/h1-7H,8-12H2,(H2,21,25). The summed E-state index contributed by atoms with van der Waals surface area (Å²) in [5.41, 5.74) is 7.96. The third-order valence-corrected chi connectivity index (χ3v) is 5.02. The molecule has 0 saturated carbocycles. The van der Waals surface area contributed by atoms with E-state index in [4.69, 9.17) is 21.9 Å². The van der Waals surface area contributed by atoms with E-state index < -0.39 is 0 Å². The summed E-state index contributed by atoms with van der Waals surface area (Å²) in [5.74, 6) is 0.406. The van der Waals surface area contributed by atoms with Gasteiger partial charge in [0.05, 0.1) is 22.5 Å². The number of piperazine rings is 1. The monoisotopic (exact) mass is 370 g/mol. The van der Waals surface area contributed by atoms with Crippen molar-refractivity contribution in [3.8, 4) is 0 Å². The number of para-hydroxylation sites is 1. The quantitative estimate of drug-likeness (QED) is 0.764. The van der Waals surface area contributed by atoms with Crippen molar-refractivity contribution in [2.75, 3.05) is 36.0 Å². The number of hydrogen-bond acceptors (Lipinski definition) is 5. The van der Waals surface area contributed by atoms with Crippen LogP contribution >= 0.6 is 11.6 Å². The number of primary amides is 1. The highest BCUT2D eigenvalue weighted by Gasteiger charge is 2.24. The van der Waals surface area contributed by atoms with E-state index in [0.29, 0.717) is 5.58 Å². The molecule has 1 fully saturated rings. The minimum Gasteiger partial charge on any atom is -0.369 e. The lowest BCUT2D eigenvalue weighted by Crippen LogP contribution is -2.46. The van der Waals surface area contributed by atoms with E-state index in [-0.39, 0.29) is 12.3 Å². The van der Waals surface area contributed by atoms with Gasteiger partial charge in [-0.25, -0.2) is 0 Å². The minimum atomic E-state index is -0.367. The highest BCUT2D eigenvalue weighted by atomic mass is 35.5. The van der Waals surface area contributed by atoms with Gasteiger partial charge in [0.25, 0.3) is 0 Å². The van der Waals surface area contributed by atoms with Crippen molar-refractivity contribution in [3.63, 3.8) is 0 Å². The van der Waals surface area contributed by atoms with Crippen molar-refractivity contribution in [2.24, 2.45) is 5.73 Å². The summed E-state index contributed by atoms with van der Waals surface area (Å²) < 4.78 is 5.48. The molecule has 1 aliphatic rings. The molecule has 2 aromatic carbocycles. The van der Waals surface area contributed by atoms with Crippen LogP contribution in [0.1, 0.15) is 5.56 Å². The Bertz CT molecular complexity index is 948. The molecule has 0 spiro atoms. The third-order valence-electron chi connectivity index (χ3n) is 4.70. The van der Waals surface area contributed by atoms with Gasteiger partial charge in [0.2, 0.25) is 5.91 Å². The van der Waals surface area contributed by atoms with Crippen LogP contribution in [0.5, 0.6) is 0 Å². The lowest BCUT2D eigenvalue weighted by Gasteiger charge is -2.36. The Labute approximate surface area is 156 Å². The fraction of sp³-hybridized carbons (Fsp3) is 0.263. The largest absolute Gasteiger partial charge is 0.369 e. The molecule has 134 valence electrons. The molecule has 1 aliphatic heterocycles. The first-order valence-corrected chi connectivity index (χ1v) is 8.91. The van der Waals surface area contributed by atoms with Gasteiger partial charge in [-0.05, 0) is 23.8 Å². The summed E-state index contributed by atoms with van der Waals surface area (Å²) >= 11 is 6.31. The lowest BCUT2D eigenvalue weighted by molar-refractivity contribution is -0.117. The summed E-state index contributed by atoms with van der Waals surface area (Å²) in [7, 11) is 0. The van der Waals surface area contributed by atoms with Crippen LogP contribution in [0.2, 0.25) is 5.02 Å². The van der Waals surface area contributed by atoms with Gasteiger partial charge in [-0.1, -0.05) is 41.0 Å². The summed E-state index contributed by atoms with van der Waals surface area (Å²) in [6, 6.07) is 13.5. The number of nitrogens with zero attached hydrogens (tertiary/aromatic N) is 3. The maximum Gasteiger partial charge on any atom is 0.221 e. The fourth-order valence-corrected chi connectivity index (χ4v) is 3.72. The number of benzene rings is 2. The van der Waals surface area contributed by atoms with Crippen LogP contribution < -0.4 is 15.5 Å². The number of amides is 1. The Hall–Kier alpha value is -2.73. The molecule has 1 saturated heterocycles. The first-order valence-electron chi connectivity index (χ1n) is 8.53. The molecule has 2 heterocycles. The van der Waals surface area contributed by atoms with Crippen LogP contribution in [0.3, 0.4) is 0 Å². The van der Waals surface area contributed by atoms with Crippen molar-refractivity contribution in [1.82, 2.24) is 5.16 Å². The van der Waals surface area contributed by atoms with Crippen LogP contribution in [0.15, 0.2) is 47.0 Å². The number of nitrogens with two attached hydrogens (primary N) is 1. The second-order valence-corrected chi connectivity index (χ2v) is 6.77. The van der Waals surface area contributed by atoms with Crippen LogP contribution in [0, 0.1) is 0 Å². The summed E-state index contributed by atoms with van der Waals surface area (Å²) in [6.45, 7) is 3.24. The smallest absolute Gasteiger partial charge is 0.221 e. The normalized spacial score (nSPS) is 14.8. The Morgan fingerprint density at radius 2 is 1.81 bits per heavy atom. The maximum absolute atomic E-state index is 11.4. The summed E-state index contributed by atoms with van der Waals surface area (Å²) in [6.07, 6.45) is 0.172. The molecular formula is C19H19ClN4O2. The second-order valence-electron chi connectivity index (χ2n) is 6.37. The fourth-order valence-electron chi connectivity index (χ4n) is 3.46. The molecule has 0 unspecified atom stereocenters. The molecule has 6 nitrogen and oxygen atoms in total. The molecule has 7 heteroatoms. The van der Waals surface area contributed by atoms with Crippen molar-refractivity contribution in [2.45, 2.75) is 6.42 Å². The highest BCUT2D eigenvalue weighted by molar-refractivity contribution is 6.33. The molecule has 4 rings (SSSR count). The van der Waals surface area contributed by atoms with E-state index in [9.17, 15) is 4.79 Å². The molecule has 1 amide bonds. The van der Waals surface area contributed by atoms with Crippen LogP contribution in [0.25, 0.3) is 11.0 Å². The van der Waals surface area contributed by atoms with Crippen molar-refractivity contribution < 1.29 is 9.32 Å². The number of anilines is 2. The number of rotatable bonds is 4. The van der Waals surface area contributed by atoms with Crippen molar-refractivity contribution in [3.05, 3.63) is 53.1 Å². The lowest BCUT2D eigenvalue weighted by atomic mass is 10.1. The third kappa shape index (κ3) is 3.08. The van der Waals surface area contributed by atoms with Crippen LogP contribution in [-0.2, 0) is 11.2 Å². The average Bonchev–Trinajstić information content (AvgIpc) is 3.07. The predicted octanol–water partition coefficient (Wildman–Crippen LogP) is 2.84. The van der Waals surface area contributed by atoms with Gasteiger partial charge in [-0.2, -0.15) is 0 Å². The van der Waals surface area contributed by atoms with Crippen LogP contribution in [0.4, 0.5) is 11.5 Å². The van der Waals surface area contributed by atoms with E-state index in [1.807, 2.05) is 42.5 Å². The topological polar surface area (TPSA) is 75.6 Å². The molecule has 3 aromatic rings. The van der Waals surface area contributed by atoms with Gasteiger partial charge < -0.3 is 20.1 Å². The molecule has 0 bridgehead atoms. The minimum absolute atomic E-state index is 0.172. The zero-order valence-electron chi connectivity index (χ0n) is 14.2. The SMILES string of the molecule is NC(=O)Cc1cccc2onc(N3CCN(c4ccccc4Cl)CC3)c12. The second kappa shape index (κ2) is 6.88. The molecule has 2 N–H and O–H groups in total. The Morgan fingerprint density at radius 1 is 1.08 bits per heavy atom. The van der Waals surface area contributed by atoms with Gasteiger partial charge in [0.1, 0.15) is 0 Å².